The van der Waals surface area contributed by atoms with Gasteiger partial charge in [-0.3, -0.25) is 14.0 Å². The Bertz CT molecular complexity index is 601. The first-order chi connectivity index (χ1) is 10.0. The van der Waals surface area contributed by atoms with E-state index >= 15 is 0 Å². The zero-order valence-corrected chi connectivity index (χ0v) is 13.4. The fourth-order valence-corrected chi connectivity index (χ4v) is 2.84. The molecule has 7 heteroatoms. The molecule has 0 aliphatic heterocycles. The first kappa shape index (κ1) is 15.5. The number of carbonyl (C=O) groups is 2. The molecule has 0 N–H and O–H groups in total. The second-order valence-corrected chi connectivity index (χ2v) is 5.69. The van der Waals surface area contributed by atoms with Gasteiger partial charge in [0.2, 0.25) is 11.8 Å². The van der Waals surface area contributed by atoms with Crippen LogP contribution >= 0.6 is 11.3 Å². The predicted molar refractivity (Wildman–Crippen MR) is 82.3 cm³/mol. The van der Waals surface area contributed by atoms with Gasteiger partial charge < -0.3 is 9.80 Å². The number of amides is 2. The topological polar surface area (TPSA) is 57.9 Å². The van der Waals surface area contributed by atoms with Crippen LogP contribution in [-0.4, -0.2) is 57.7 Å². The van der Waals surface area contributed by atoms with Crippen LogP contribution in [0.1, 0.15) is 19.5 Å². The van der Waals surface area contributed by atoms with Crippen LogP contribution in [0.3, 0.4) is 0 Å². The van der Waals surface area contributed by atoms with Gasteiger partial charge in [0.25, 0.3) is 0 Å². The molecule has 2 heterocycles. The van der Waals surface area contributed by atoms with Crippen LogP contribution in [0.4, 0.5) is 0 Å². The largest absolute Gasteiger partial charge is 0.342 e. The molecule has 0 atom stereocenters. The van der Waals surface area contributed by atoms with Gasteiger partial charge in [0, 0.05) is 37.9 Å². The van der Waals surface area contributed by atoms with Crippen LogP contribution in [0.2, 0.25) is 0 Å². The Labute approximate surface area is 128 Å². The molecule has 0 aliphatic carbocycles. The molecule has 0 bridgehead atoms. The highest BCUT2D eigenvalue weighted by molar-refractivity contribution is 7.15. The van der Waals surface area contributed by atoms with E-state index in [1.807, 2.05) is 36.0 Å². The van der Waals surface area contributed by atoms with E-state index in [1.165, 1.54) is 16.2 Å². The quantitative estimate of drug-likeness (QED) is 0.807. The van der Waals surface area contributed by atoms with Gasteiger partial charge in [-0.25, -0.2) is 4.98 Å². The Morgan fingerprint density at radius 1 is 1.29 bits per heavy atom. The molecular formula is C14H20N4O2S. The van der Waals surface area contributed by atoms with E-state index in [0.29, 0.717) is 13.1 Å². The maximum absolute atomic E-state index is 12.2. The molecule has 0 fully saturated rings. The van der Waals surface area contributed by atoms with Gasteiger partial charge in [-0.15, -0.1) is 11.3 Å². The summed E-state index contributed by atoms with van der Waals surface area (Å²) in [5.41, 5.74) is 0.731. The van der Waals surface area contributed by atoms with Gasteiger partial charge in [-0.05, 0) is 13.8 Å². The number of likely N-dealkylation sites (N-methyl/N-ethyl adjacent to an activating group) is 2. The van der Waals surface area contributed by atoms with Gasteiger partial charge in [-0.2, -0.15) is 0 Å². The van der Waals surface area contributed by atoms with Crippen LogP contribution in [0, 0.1) is 0 Å². The van der Waals surface area contributed by atoms with Crippen LogP contribution < -0.4 is 0 Å². The minimum absolute atomic E-state index is 0.0262. The summed E-state index contributed by atoms with van der Waals surface area (Å²) in [7, 11) is 1.65. The third kappa shape index (κ3) is 3.60. The molecule has 0 saturated carbocycles. The average molecular weight is 308 g/mol. The van der Waals surface area contributed by atoms with Crippen molar-refractivity contribution < 1.29 is 9.59 Å². The second-order valence-electron chi connectivity index (χ2n) is 4.82. The van der Waals surface area contributed by atoms with Gasteiger partial charge in [0.05, 0.1) is 18.7 Å². The zero-order chi connectivity index (χ0) is 15.4. The van der Waals surface area contributed by atoms with Crippen LogP contribution in [0.5, 0.6) is 0 Å². The van der Waals surface area contributed by atoms with E-state index in [2.05, 4.69) is 4.98 Å². The molecule has 114 valence electrons. The Morgan fingerprint density at radius 3 is 2.62 bits per heavy atom. The summed E-state index contributed by atoms with van der Waals surface area (Å²) in [5, 5.41) is 1.95. The summed E-state index contributed by atoms with van der Waals surface area (Å²) in [6.07, 6.45) is 3.98. The van der Waals surface area contributed by atoms with Crippen molar-refractivity contribution >= 4 is 28.1 Å². The molecule has 0 aliphatic rings. The van der Waals surface area contributed by atoms with Crippen molar-refractivity contribution in [2.24, 2.45) is 0 Å². The summed E-state index contributed by atoms with van der Waals surface area (Å²) in [4.78, 5) is 32.6. The number of hydrogen-bond donors (Lipinski definition) is 0. The summed E-state index contributed by atoms with van der Waals surface area (Å²) in [6, 6.07) is 0. The lowest BCUT2D eigenvalue weighted by molar-refractivity contribution is -0.138. The fourth-order valence-electron chi connectivity index (χ4n) is 2.12. The van der Waals surface area contributed by atoms with Crippen molar-refractivity contribution in [3.63, 3.8) is 0 Å². The van der Waals surface area contributed by atoms with Crippen LogP contribution in [-0.2, 0) is 16.0 Å². The van der Waals surface area contributed by atoms with Crippen molar-refractivity contribution in [1.82, 2.24) is 19.2 Å². The lowest BCUT2D eigenvalue weighted by Crippen LogP contribution is -2.41. The maximum Gasteiger partial charge on any atom is 0.242 e. The molecular weight excluding hydrogens is 288 g/mol. The van der Waals surface area contributed by atoms with Crippen molar-refractivity contribution in [1.29, 1.82) is 0 Å². The number of thiazole rings is 1. The molecule has 0 saturated heterocycles. The minimum atomic E-state index is -0.0961. The molecule has 0 spiro atoms. The average Bonchev–Trinajstić information content (AvgIpc) is 3.00. The first-order valence-electron chi connectivity index (χ1n) is 6.98. The van der Waals surface area contributed by atoms with E-state index < -0.39 is 0 Å². The highest BCUT2D eigenvalue weighted by Gasteiger charge is 2.17. The number of imidazole rings is 1. The van der Waals surface area contributed by atoms with E-state index in [0.717, 1.165) is 10.7 Å². The smallest absolute Gasteiger partial charge is 0.242 e. The lowest BCUT2D eigenvalue weighted by Gasteiger charge is -2.23. The van der Waals surface area contributed by atoms with Crippen molar-refractivity contribution in [3.05, 3.63) is 23.5 Å². The normalized spacial score (nSPS) is 10.8. The van der Waals surface area contributed by atoms with Gasteiger partial charge >= 0.3 is 0 Å². The molecule has 2 aromatic rings. The molecule has 2 rings (SSSR count). The minimum Gasteiger partial charge on any atom is -0.342 e. The third-order valence-electron chi connectivity index (χ3n) is 3.39. The Morgan fingerprint density at radius 2 is 2.00 bits per heavy atom. The zero-order valence-electron chi connectivity index (χ0n) is 12.6. The number of rotatable bonds is 6. The number of aromatic nitrogens is 2. The predicted octanol–water partition coefficient (Wildman–Crippen LogP) is 1.27. The van der Waals surface area contributed by atoms with E-state index in [4.69, 9.17) is 0 Å². The summed E-state index contributed by atoms with van der Waals surface area (Å²) in [5.74, 6) is -0.122. The molecule has 0 radical (unpaired) electrons. The molecule has 0 unspecified atom stereocenters. The summed E-state index contributed by atoms with van der Waals surface area (Å²) >= 11 is 1.53. The maximum atomic E-state index is 12.2. The van der Waals surface area contributed by atoms with Crippen molar-refractivity contribution in [3.8, 4) is 0 Å². The highest BCUT2D eigenvalue weighted by Crippen LogP contribution is 2.12. The van der Waals surface area contributed by atoms with E-state index in [-0.39, 0.29) is 24.8 Å². The first-order valence-corrected chi connectivity index (χ1v) is 7.85. The Kier molecular flexibility index (Phi) is 4.95. The van der Waals surface area contributed by atoms with Crippen molar-refractivity contribution in [2.75, 3.05) is 26.7 Å². The number of nitrogens with zero attached hydrogens (tertiary/aromatic N) is 4. The van der Waals surface area contributed by atoms with Gasteiger partial charge in [0.1, 0.15) is 0 Å². The SMILES string of the molecule is CCN(CC)C(=O)CN(C)C(=O)Cc1cn2ccsc2n1. The molecule has 6 nitrogen and oxygen atoms in total. The standard InChI is InChI=1S/C14H20N4O2S/c1-4-17(5-2)13(20)10-16(3)12(19)8-11-9-18-6-7-21-14(18)15-11/h6-7,9H,4-5,8,10H2,1-3H3. The molecule has 0 aromatic carbocycles. The molecule has 21 heavy (non-hydrogen) atoms. The van der Waals surface area contributed by atoms with Crippen molar-refractivity contribution in [2.45, 2.75) is 20.3 Å². The Hall–Kier alpha value is -1.89. The van der Waals surface area contributed by atoms with Crippen LogP contribution in [0.25, 0.3) is 4.96 Å². The monoisotopic (exact) mass is 308 g/mol. The van der Waals surface area contributed by atoms with Crippen LogP contribution in [0.15, 0.2) is 17.8 Å². The molecule has 2 aromatic heterocycles. The van der Waals surface area contributed by atoms with Gasteiger partial charge in [-0.1, -0.05) is 0 Å². The van der Waals surface area contributed by atoms with E-state index in [1.54, 1.807) is 11.9 Å². The Balaban J connectivity index is 1.93. The highest BCUT2D eigenvalue weighted by atomic mass is 32.1. The summed E-state index contributed by atoms with van der Waals surface area (Å²) < 4.78 is 1.90. The lowest BCUT2D eigenvalue weighted by atomic mass is 10.3. The third-order valence-corrected chi connectivity index (χ3v) is 4.16. The molecule has 2 amide bonds. The van der Waals surface area contributed by atoms with E-state index in [9.17, 15) is 9.59 Å². The second kappa shape index (κ2) is 6.71. The number of hydrogen-bond acceptors (Lipinski definition) is 4. The van der Waals surface area contributed by atoms with Gasteiger partial charge in [0.15, 0.2) is 4.96 Å². The summed E-state index contributed by atoms with van der Waals surface area (Å²) in [6.45, 7) is 5.30. The number of carbonyl (C=O) groups excluding carboxylic acids is 2. The fraction of sp³-hybridized carbons (Fsp3) is 0.500. The number of fused-ring (bicyclic) bond motifs is 1.